The maximum absolute atomic E-state index is 2.39. The molecule has 0 aliphatic heterocycles. The van der Waals surface area contributed by atoms with Crippen LogP contribution < -0.4 is 0 Å². The average Bonchev–Trinajstić information content (AvgIpc) is 2.98. The molecule has 0 heterocycles. The van der Waals surface area contributed by atoms with Crippen molar-refractivity contribution in [2.45, 2.75) is 25.7 Å². The molecule has 0 bridgehead atoms. The van der Waals surface area contributed by atoms with Gasteiger partial charge in [-0.1, -0.05) is 90.9 Å². The maximum Gasteiger partial charge on any atom is 0.0305 e. The smallest absolute Gasteiger partial charge is 0.0305 e. The molecule has 2 aromatic rings. The molecule has 0 N–H and O–H groups in total. The quantitative estimate of drug-likeness (QED) is 0.682. The molecular weight excluding hydrogens is 240 g/mol. The molecule has 0 aromatic heterocycles. The Bertz CT molecular complexity index is 578. The predicted octanol–water partition coefficient (Wildman–Crippen LogP) is 5.49. The van der Waals surface area contributed by atoms with E-state index >= 15 is 0 Å². The van der Waals surface area contributed by atoms with Crippen LogP contribution in [0.25, 0.3) is 0 Å². The van der Waals surface area contributed by atoms with Crippen LogP contribution in [0, 0.1) is 0 Å². The van der Waals surface area contributed by atoms with Crippen molar-refractivity contribution < 1.29 is 0 Å². The minimum Gasteiger partial charge on any atom is -0.0772 e. The number of allylic oxidation sites excluding steroid dienone is 4. The Labute approximate surface area is 121 Å². The van der Waals surface area contributed by atoms with Crippen molar-refractivity contribution in [3.63, 3.8) is 0 Å². The van der Waals surface area contributed by atoms with Gasteiger partial charge in [0.2, 0.25) is 0 Å². The van der Waals surface area contributed by atoms with E-state index < -0.39 is 0 Å². The number of rotatable bonds is 4. The normalized spacial score (nSPS) is 14.3. The van der Waals surface area contributed by atoms with Crippen LogP contribution in [0.4, 0.5) is 0 Å². The Morgan fingerprint density at radius 2 is 1.40 bits per heavy atom. The summed E-state index contributed by atoms with van der Waals surface area (Å²) in [5, 5.41) is 0. The van der Waals surface area contributed by atoms with Gasteiger partial charge in [0.1, 0.15) is 0 Å². The van der Waals surface area contributed by atoms with Gasteiger partial charge in [0.05, 0.1) is 0 Å². The molecule has 0 heteroatoms. The van der Waals surface area contributed by atoms with E-state index in [0.29, 0.717) is 5.92 Å². The van der Waals surface area contributed by atoms with Gasteiger partial charge in [-0.15, -0.1) is 0 Å². The molecule has 2 aromatic carbocycles. The first-order valence-electron chi connectivity index (χ1n) is 7.38. The minimum absolute atomic E-state index is 0.387. The third kappa shape index (κ3) is 2.60. The third-order valence-electron chi connectivity index (χ3n) is 4.02. The van der Waals surface area contributed by atoms with Gasteiger partial charge in [-0.05, 0) is 24.0 Å². The molecule has 0 radical (unpaired) electrons. The summed E-state index contributed by atoms with van der Waals surface area (Å²) in [5.41, 5.74) is 5.75. The summed E-state index contributed by atoms with van der Waals surface area (Å²) in [4.78, 5) is 0. The van der Waals surface area contributed by atoms with E-state index in [1.807, 2.05) is 0 Å². The molecule has 0 unspecified atom stereocenters. The molecule has 0 amide bonds. The molecule has 100 valence electrons. The fourth-order valence-electron chi connectivity index (χ4n) is 2.96. The molecule has 20 heavy (non-hydrogen) atoms. The van der Waals surface area contributed by atoms with Gasteiger partial charge >= 0.3 is 0 Å². The second-order valence-electron chi connectivity index (χ2n) is 5.31. The Morgan fingerprint density at radius 3 is 1.85 bits per heavy atom. The molecule has 0 atom stereocenters. The van der Waals surface area contributed by atoms with Crippen molar-refractivity contribution in [1.29, 1.82) is 0 Å². The first kappa shape index (κ1) is 12.9. The highest BCUT2D eigenvalue weighted by Gasteiger charge is 2.20. The molecule has 1 aliphatic carbocycles. The van der Waals surface area contributed by atoms with E-state index in [1.165, 1.54) is 22.3 Å². The monoisotopic (exact) mass is 260 g/mol. The maximum atomic E-state index is 2.39. The van der Waals surface area contributed by atoms with Crippen molar-refractivity contribution in [2.75, 3.05) is 0 Å². The van der Waals surface area contributed by atoms with E-state index in [1.54, 1.807) is 0 Å². The van der Waals surface area contributed by atoms with Gasteiger partial charge in [0.15, 0.2) is 0 Å². The molecular formula is C20H20. The Hall–Kier alpha value is -2.08. The lowest BCUT2D eigenvalue weighted by Gasteiger charge is -2.19. The Morgan fingerprint density at radius 1 is 0.850 bits per heavy atom. The highest BCUT2D eigenvalue weighted by molar-refractivity contribution is 5.46. The summed E-state index contributed by atoms with van der Waals surface area (Å²) >= 11 is 0. The van der Waals surface area contributed by atoms with Crippen LogP contribution in [-0.4, -0.2) is 0 Å². The summed E-state index contributed by atoms with van der Waals surface area (Å²) < 4.78 is 0. The van der Waals surface area contributed by atoms with Crippen molar-refractivity contribution in [3.05, 3.63) is 95.1 Å². The Balaban J connectivity index is 2.02. The lowest BCUT2D eigenvalue weighted by molar-refractivity contribution is 0.919. The second-order valence-corrected chi connectivity index (χ2v) is 5.31. The molecule has 0 nitrogen and oxygen atoms in total. The van der Waals surface area contributed by atoms with E-state index in [9.17, 15) is 0 Å². The summed E-state index contributed by atoms with van der Waals surface area (Å²) in [7, 11) is 0. The molecule has 0 spiro atoms. The Kier molecular flexibility index (Phi) is 3.83. The van der Waals surface area contributed by atoms with Crippen LogP contribution in [0.1, 0.15) is 36.8 Å². The average molecular weight is 260 g/mol. The summed E-state index contributed by atoms with van der Waals surface area (Å²) in [6.07, 6.45) is 6.97. The molecule has 0 saturated carbocycles. The van der Waals surface area contributed by atoms with Gasteiger partial charge in [-0.2, -0.15) is 0 Å². The zero-order valence-corrected chi connectivity index (χ0v) is 11.9. The molecule has 3 rings (SSSR count). The lowest BCUT2D eigenvalue weighted by atomic mass is 9.84. The second kappa shape index (κ2) is 5.92. The van der Waals surface area contributed by atoms with Crippen molar-refractivity contribution in [2.24, 2.45) is 0 Å². The first-order chi connectivity index (χ1) is 9.88. The fourth-order valence-corrected chi connectivity index (χ4v) is 2.96. The highest BCUT2D eigenvalue weighted by Crippen LogP contribution is 2.37. The van der Waals surface area contributed by atoms with E-state index in [4.69, 9.17) is 0 Å². The highest BCUT2D eigenvalue weighted by atomic mass is 14.2. The van der Waals surface area contributed by atoms with Gasteiger partial charge in [-0.3, -0.25) is 0 Å². The minimum atomic E-state index is 0.387. The van der Waals surface area contributed by atoms with Crippen LogP contribution in [-0.2, 0) is 0 Å². The van der Waals surface area contributed by atoms with E-state index in [0.717, 1.165) is 12.8 Å². The predicted molar refractivity (Wildman–Crippen MR) is 85.8 cm³/mol. The molecule has 1 aliphatic rings. The standard InChI is InChI=1S/C20H20/c1-2-16-13-14-19(15-16)20(17-9-5-3-6-10-17)18-11-7-4-8-12-18/h3-13,15,20H,2,14H2,1H3. The van der Waals surface area contributed by atoms with E-state index in [2.05, 4.69) is 79.7 Å². The zero-order valence-electron chi connectivity index (χ0n) is 11.9. The number of hydrogen-bond donors (Lipinski definition) is 0. The summed E-state index contributed by atoms with van der Waals surface area (Å²) in [6.45, 7) is 2.23. The van der Waals surface area contributed by atoms with Crippen LogP contribution in [0.3, 0.4) is 0 Å². The van der Waals surface area contributed by atoms with Gasteiger partial charge in [0, 0.05) is 5.92 Å². The van der Waals surface area contributed by atoms with Crippen LogP contribution in [0.5, 0.6) is 0 Å². The van der Waals surface area contributed by atoms with Crippen LogP contribution in [0.2, 0.25) is 0 Å². The van der Waals surface area contributed by atoms with Crippen molar-refractivity contribution >= 4 is 0 Å². The SMILES string of the molecule is CCC1=CCC(C(c2ccccc2)c2ccccc2)=C1. The van der Waals surface area contributed by atoms with Gasteiger partial charge in [0.25, 0.3) is 0 Å². The first-order valence-corrected chi connectivity index (χ1v) is 7.38. The summed E-state index contributed by atoms with van der Waals surface area (Å²) in [6, 6.07) is 21.7. The van der Waals surface area contributed by atoms with Crippen LogP contribution >= 0.6 is 0 Å². The number of benzene rings is 2. The summed E-state index contributed by atoms with van der Waals surface area (Å²) in [5.74, 6) is 0.387. The van der Waals surface area contributed by atoms with Gasteiger partial charge < -0.3 is 0 Å². The van der Waals surface area contributed by atoms with Gasteiger partial charge in [-0.25, -0.2) is 0 Å². The van der Waals surface area contributed by atoms with Crippen molar-refractivity contribution in [3.8, 4) is 0 Å². The third-order valence-corrected chi connectivity index (χ3v) is 4.02. The molecule has 0 fully saturated rings. The number of hydrogen-bond acceptors (Lipinski definition) is 0. The lowest BCUT2D eigenvalue weighted by Crippen LogP contribution is -2.03. The molecule has 0 saturated heterocycles. The topological polar surface area (TPSA) is 0 Å². The zero-order chi connectivity index (χ0) is 13.8. The fraction of sp³-hybridized carbons (Fsp3) is 0.200. The van der Waals surface area contributed by atoms with E-state index in [-0.39, 0.29) is 0 Å². The van der Waals surface area contributed by atoms with Crippen molar-refractivity contribution in [1.82, 2.24) is 0 Å². The van der Waals surface area contributed by atoms with Crippen LogP contribution in [0.15, 0.2) is 84.0 Å². The largest absolute Gasteiger partial charge is 0.0772 e.